The number of hydrogen-bond donors (Lipinski definition) is 2. The summed E-state index contributed by atoms with van der Waals surface area (Å²) in [6, 6.07) is 5.62. The van der Waals surface area contributed by atoms with E-state index in [4.69, 9.17) is 5.73 Å². The molecule has 1 aromatic carbocycles. The maximum Gasteiger partial charge on any atom is 0.240 e. The van der Waals surface area contributed by atoms with Gasteiger partial charge in [0, 0.05) is 18.2 Å². The highest BCUT2D eigenvalue weighted by atomic mass is 16.1. The van der Waals surface area contributed by atoms with Gasteiger partial charge in [0.1, 0.15) is 12.4 Å². The lowest BCUT2D eigenvalue weighted by atomic mass is 10.2. The van der Waals surface area contributed by atoms with Crippen LogP contribution in [0, 0.1) is 0 Å². The molecule has 5 heteroatoms. The third kappa shape index (κ3) is 2.92. The van der Waals surface area contributed by atoms with Crippen LogP contribution in [0.15, 0.2) is 18.2 Å². The summed E-state index contributed by atoms with van der Waals surface area (Å²) in [7, 11) is 0. The van der Waals surface area contributed by atoms with Gasteiger partial charge in [-0.3, -0.25) is 4.79 Å². The smallest absolute Gasteiger partial charge is 0.240 e. The molecule has 0 saturated heterocycles. The molecule has 2 rings (SSSR count). The Hall–Kier alpha value is -2.04. The van der Waals surface area contributed by atoms with E-state index in [1.54, 1.807) is 0 Å². The van der Waals surface area contributed by atoms with Gasteiger partial charge in [0.05, 0.1) is 11.0 Å². The summed E-state index contributed by atoms with van der Waals surface area (Å²) in [6.07, 6.45) is 0.935. The van der Waals surface area contributed by atoms with Crippen LogP contribution in [0.25, 0.3) is 11.0 Å². The van der Waals surface area contributed by atoms with Gasteiger partial charge in [-0.05, 0) is 24.6 Å². The number of hydrogen-bond acceptors (Lipinski definition) is 3. The van der Waals surface area contributed by atoms with Crippen LogP contribution in [-0.4, -0.2) is 22.0 Å². The molecule has 0 fully saturated rings. The average molecular weight is 274 g/mol. The van der Waals surface area contributed by atoms with Gasteiger partial charge in [-0.25, -0.2) is 4.98 Å². The summed E-state index contributed by atoms with van der Waals surface area (Å²) in [5.41, 5.74) is 8.28. The summed E-state index contributed by atoms with van der Waals surface area (Å²) in [6.45, 7) is 7.19. The van der Waals surface area contributed by atoms with Gasteiger partial charge in [-0.2, -0.15) is 0 Å². The Kier molecular flexibility index (Phi) is 4.27. The number of anilines is 1. The molecule has 108 valence electrons. The number of imidazole rings is 1. The number of carbonyl (C=O) groups excluding carboxylic acids is 1. The van der Waals surface area contributed by atoms with Crippen LogP contribution in [0.1, 0.15) is 38.9 Å². The Balaban J connectivity index is 2.38. The Bertz CT molecular complexity index is 616. The van der Waals surface area contributed by atoms with Crippen molar-refractivity contribution in [2.24, 2.45) is 0 Å². The predicted molar refractivity (Wildman–Crippen MR) is 81.5 cm³/mol. The predicted octanol–water partition coefficient (Wildman–Crippen LogP) is 2.27. The SMILES string of the molecule is CCCNC(=O)Cn1c(C(C)C)nc2cc(N)ccc21. The molecule has 0 unspecified atom stereocenters. The van der Waals surface area contributed by atoms with Gasteiger partial charge in [-0.15, -0.1) is 0 Å². The van der Waals surface area contributed by atoms with Gasteiger partial charge in [0.25, 0.3) is 0 Å². The average Bonchev–Trinajstić information content (AvgIpc) is 2.74. The summed E-state index contributed by atoms with van der Waals surface area (Å²) in [5, 5.41) is 2.90. The molecule has 1 heterocycles. The van der Waals surface area contributed by atoms with Gasteiger partial charge in [0.2, 0.25) is 5.91 Å². The van der Waals surface area contributed by atoms with Gasteiger partial charge in [-0.1, -0.05) is 20.8 Å². The molecule has 3 N–H and O–H groups in total. The molecular weight excluding hydrogens is 252 g/mol. The quantitative estimate of drug-likeness (QED) is 0.821. The lowest BCUT2D eigenvalue weighted by Crippen LogP contribution is -2.28. The van der Waals surface area contributed by atoms with E-state index < -0.39 is 0 Å². The van der Waals surface area contributed by atoms with Crippen LogP contribution in [0.5, 0.6) is 0 Å². The minimum atomic E-state index is 0.0184. The number of benzene rings is 1. The van der Waals surface area contributed by atoms with Crippen molar-refractivity contribution in [2.45, 2.75) is 39.7 Å². The summed E-state index contributed by atoms with van der Waals surface area (Å²) >= 11 is 0. The monoisotopic (exact) mass is 274 g/mol. The van der Waals surface area contributed by atoms with E-state index in [9.17, 15) is 4.79 Å². The standard InChI is InChI=1S/C15H22N4O/c1-4-7-17-14(20)9-19-13-6-5-11(16)8-12(13)18-15(19)10(2)3/h5-6,8,10H,4,7,9,16H2,1-3H3,(H,17,20). The van der Waals surface area contributed by atoms with Crippen molar-refractivity contribution >= 4 is 22.6 Å². The molecule has 2 aromatic rings. The topological polar surface area (TPSA) is 72.9 Å². The summed E-state index contributed by atoms with van der Waals surface area (Å²) in [5.74, 6) is 1.18. The molecule has 1 amide bonds. The maximum absolute atomic E-state index is 12.0. The van der Waals surface area contributed by atoms with Gasteiger partial charge in [0.15, 0.2) is 0 Å². The second kappa shape index (κ2) is 5.94. The zero-order chi connectivity index (χ0) is 14.7. The molecule has 0 saturated carbocycles. The van der Waals surface area contributed by atoms with E-state index in [1.165, 1.54) is 0 Å². The van der Waals surface area contributed by atoms with E-state index in [0.29, 0.717) is 18.8 Å². The number of carbonyl (C=O) groups is 1. The summed E-state index contributed by atoms with van der Waals surface area (Å²) in [4.78, 5) is 16.6. The first kappa shape index (κ1) is 14.4. The Morgan fingerprint density at radius 3 is 2.85 bits per heavy atom. The highest BCUT2D eigenvalue weighted by molar-refractivity contribution is 5.83. The van der Waals surface area contributed by atoms with Crippen molar-refractivity contribution in [1.29, 1.82) is 0 Å². The zero-order valence-electron chi connectivity index (χ0n) is 12.3. The van der Waals surface area contributed by atoms with E-state index in [2.05, 4.69) is 24.1 Å². The summed E-state index contributed by atoms with van der Waals surface area (Å²) < 4.78 is 1.98. The van der Waals surface area contributed by atoms with Crippen molar-refractivity contribution in [3.63, 3.8) is 0 Å². The number of rotatable bonds is 5. The number of fused-ring (bicyclic) bond motifs is 1. The van der Waals surface area contributed by atoms with Crippen LogP contribution in [0.2, 0.25) is 0 Å². The fourth-order valence-corrected chi connectivity index (χ4v) is 2.24. The number of aromatic nitrogens is 2. The highest BCUT2D eigenvalue weighted by Crippen LogP contribution is 2.23. The molecule has 0 atom stereocenters. The minimum Gasteiger partial charge on any atom is -0.399 e. The molecule has 0 aliphatic rings. The second-order valence-corrected chi connectivity index (χ2v) is 5.31. The van der Waals surface area contributed by atoms with Crippen molar-refractivity contribution in [2.75, 3.05) is 12.3 Å². The molecule has 0 bridgehead atoms. The molecular formula is C15H22N4O. The van der Waals surface area contributed by atoms with E-state index in [0.717, 1.165) is 23.3 Å². The third-order valence-electron chi connectivity index (χ3n) is 3.19. The molecule has 0 spiro atoms. The molecule has 0 radical (unpaired) electrons. The zero-order valence-corrected chi connectivity index (χ0v) is 12.3. The molecule has 5 nitrogen and oxygen atoms in total. The van der Waals surface area contributed by atoms with E-state index in [1.807, 2.05) is 29.7 Å². The van der Waals surface area contributed by atoms with Crippen LogP contribution in [0.3, 0.4) is 0 Å². The number of nitrogens with one attached hydrogen (secondary N) is 1. The maximum atomic E-state index is 12.0. The van der Waals surface area contributed by atoms with Crippen LogP contribution in [0.4, 0.5) is 5.69 Å². The van der Waals surface area contributed by atoms with Crippen LogP contribution >= 0.6 is 0 Å². The van der Waals surface area contributed by atoms with Crippen LogP contribution in [-0.2, 0) is 11.3 Å². The number of nitrogen functional groups attached to an aromatic ring is 1. The normalized spacial score (nSPS) is 11.2. The van der Waals surface area contributed by atoms with Gasteiger partial charge >= 0.3 is 0 Å². The second-order valence-electron chi connectivity index (χ2n) is 5.31. The van der Waals surface area contributed by atoms with Crippen molar-refractivity contribution < 1.29 is 4.79 Å². The fourth-order valence-electron chi connectivity index (χ4n) is 2.24. The number of nitrogens with two attached hydrogens (primary N) is 1. The number of nitrogens with zero attached hydrogens (tertiary/aromatic N) is 2. The Morgan fingerprint density at radius 2 is 2.20 bits per heavy atom. The molecule has 0 aliphatic carbocycles. The lowest BCUT2D eigenvalue weighted by molar-refractivity contribution is -0.121. The van der Waals surface area contributed by atoms with Gasteiger partial charge < -0.3 is 15.6 Å². The lowest BCUT2D eigenvalue weighted by Gasteiger charge is -2.11. The number of amides is 1. The highest BCUT2D eigenvalue weighted by Gasteiger charge is 2.15. The van der Waals surface area contributed by atoms with Crippen LogP contribution < -0.4 is 11.1 Å². The first-order chi connectivity index (χ1) is 9.52. The molecule has 20 heavy (non-hydrogen) atoms. The largest absolute Gasteiger partial charge is 0.399 e. The van der Waals surface area contributed by atoms with Crippen molar-refractivity contribution in [1.82, 2.24) is 14.9 Å². The Labute approximate surface area is 119 Å². The van der Waals surface area contributed by atoms with Crippen molar-refractivity contribution in [3.8, 4) is 0 Å². The molecule has 1 aromatic heterocycles. The molecule has 0 aliphatic heterocycles. The minimum absolute atomic E-state index is 0.0184. The Morgan fingerprint density at radius 1 is 1.45 bits per heavy atom. The van der Waals surface area contributed by atoms with E-state index >= 15 is 0 Å². The van der Waals surface area contributed by atoms with Crippen molar-refractivity contribution in [3.05, 3.63) is 24.0 Å². The van der Waals surface area contributed by atoms with E-state index in [-0.39, 0.29) is 11.8 Å². The first-order valence-electron chi connectivity index (χ1n) is 7.05. The first-order valence-corrected chi connectivity index (χ1v) is 7.05. The fraction of sp³-hybridized carbons (Fsp3) is 0.467. The third-order valence-corrected chi connectivity index (χ3v) is 3.19.